The SMILES string of the molecule is COc1ccc(-c2c(C(C)=O)c(C)nc3sc(C(=O)c4ccc(C)cc4)c(N)c23)cc1. The molecule has 2 aromatic carbocycles. The molecule has 31 heavy (non-hydrogen) atoms. The zero-order chi connectivity index (χ0) is 22.3. The number of aryl methyl sites for hydroxylation is 2. The number of ketones is 2. The predicted octanol–water partition coefficient (Wildman–Crippen LogP) is 5.60. The van der Waals surface area contributed by atoms with Crippen molar-refractivity contribution in [3.8, 4) is 16.9 Å². The summed E-state index contributed by atoms with van der Waals surface area (Å²) in [6.45, 7) is 5.30. The number of aromatic nitrogens is 1. The summed E-state index contributed by atoms with van der Waals surface area (Å²) in [4.78, 5) is 31.5. The molecule has 5 nitrogen and oxygen atoms in total. The summed E-state index contributed by atoms with van der Waals surface area (Å²) in [6.07, 6.45) is 0. The number of rotatable bonds is 5. The summed E-state index contributed by atoms with van der Waals surface area (Å²) in [7, 11) is 1.60. The number of hydrogen-bond acceptors (Lipinski definition) is 6. The molecule has 2 N–H and O–H groups in total. The van der Waals surface area contributed by atoms with E-state index < -0.39 is 0 Å². The molecule has 2 heterocycles. The van der Waals surface area contributed by atoms with E-state index in [9.17, 15) is 9.59 Å². The number of nitrogen functional groups attached to an aromatic ring is 1. The maximum atomic E-state index is 13.2. The van der Waals surface area contributed by atoms with Crippen molar-refractivity contribution in [2.75, 3.05) is 12.8 Å². The van der Waals surface area contributed by atoms with E-state index in [4.69, 9.17) is 10.5 Å². The quantitative estimate of drug-likeness (QED) is 0.417. The molecular formula is C25H22N2O3S. The molecule has 0 unspecified atom stereocenters. The number of ether oxygens (including phenoxy) is 1. The molecule has 0 radical (unpaired) electrons. The standard InChI is InChI=1S/C25H22N2O3S/c1-13-5-7-17(8-6-13)23(29)24-22(26)21-20(16-9-11-18(30-4)12-10-16)19(15(3)28)14(2)27-25(21)31-24/h5-12H,26H2,1-4H3. The molecule has 4 aromatic rings. The molecule has 0 spiro atoms. The summed E-state index contributed by atoms with van der Waals surface area (Å²) in [5, 5.41) is 0.640. The molecule has 156 valence electrons. The van der Waals surface area contributed by atoms with Crippen LogP contribution in [0.2, 0.25) is 0 Å². The Morgan fingerprint density at radius 3 is 2.23 bits per heavy atom. The van der Waals surface area contributed by atoms with E-state index in [2.05, 4.69) is 4.98 Å². The summed E-state index contributed by atoms with van der Waals surface area (Å²) in [5.41, 5.74) is 11.2. The van der Waals surface area contributed by atoms with E-state index in [1.54, 1.807) is 26.2 Å². The maximum Gasteiger partial charge on any atom is 0.205 e. The van der Waals surface area contributed by atoms with Crippen LogP contribution in [0, 0.1) is 13.8 Å². The van der Waals surface area contributed by atoms with Crippen molar-refractivity contribution in [3.63, 3.8) is 0 Å². The van der Waals surface area contributed by atoms with Gasteiger partial charge in [0.2, 0.25) is 5.78 Å². The largest absolute Gasteiger partial charge is 0.497 e. The fraction of sp³-hybridized carbons (Fsp3) is 0.160. The number of benzene rings is 2. The zero-order valence-electron chi connectivity index (χ0n) is 17.8. The van der Waals surface area contributed by atoms with E-state index in [0.29, 0.717) is 48.9 Å². The summed E-state index contributed by atoms with van der Waals surface area (Å²) >= 11 is 1.26. The second kappa shape index (κ2) is 7.96. The Morgan fingerprint density at radius 1 is 1.00 bits per heavy atom. The number of anilines is 1. The van der Waals surface area contributed by atoms with Crippen LogP contribution >= 0.6 is 11.3 Å². The monoisotopic (exact) mass is 430 g/mol. The van der Waals surface area contributed by atoms with Crippen LogP contribution in [-0.2, 0) is 0 Å². The number of pyridine rings is 1. The number of thiophene rings is 1. The van der Waals surface area contributed by atoms with Crippen molar-refractivity contribution in [3.05, 3.63) is 75.8 Å². The molecule has 0 aliphatic rings. The number of methoxy groups -OCH3 is 1. The highest BCUT2D eigenvalue weighted by Crippen LogP contribution is 2.43. The fourth-order valence-electron chi connectivity index (χ4n) is 3.75. The van der Waals surface area contributed by atoms with Gasteiger partial charge >= 0.3 is 0 Å². The van der Waals surface area contributed by atoms with Crippen molar-refractivity contribution in [2.45, 2.75) is 20.8 Å². The topological polar surface area (TPSA) is 82.3 Å². The van der Waals surface area contributed by atoms with Gasteiger partial charge < -0.3 is 10.5 Å². The van der Waals surface area contributed by atoms with E-state index in [0.717, 1.165) is 11.1 Å². The number of nitrogens with zero attached hydrogens (tertiary/aromatic N) is 1. The molecular weight excluding hydrogens is 408 g/mol. The van der Waals surface area contributed by atoms with Gasteiger partial charge in [0.1, 0.15) is 15.5 Å². The second-order valence-electron chi connectivity index (χ2n) is 7.45. The molecule has 0 aliphatic carbocycles. The second-order valence-corrected chi connectivity index (χ2v) is 8.45. The molecule has 0 saturated carbocycles. The fourth-order valence-corrected chi connectivity index (χ4v) is 4.86. The third kappa shape index (κ3) is 3.59. The average molecular weight is 431 g/mol. The smallest absolute Gasteiger partial charge is 0.205 e. The Bertz CT molecular complexity index is 1320. The van der Waals surface area contributed by atoms with Gasteiger partial charge in [0.15, 0.2) is 5.78 Å². The van der Waals surface area contributed by atoms with Gasteiger partial charge in [-0.1, -0.05) is 42.0 Å². The number of carbonyl (C=O) groups excluding carboxylic acids is 2. The Labute approximate surface area is 184 Å². The van der Waals surface area contributed by atoms with Gasteiger partial charge in [0, 0.05) is 22.1 Å². The molecule has 0 atom stereocenters. The first-order valence-corrected chi connectivity index (χ1v) is 10.6. The molecule has 4 rings (SSSR count). The lowest BCUT2D eigenvalue weighted by atomic mass is 9.93. The van der Waals surface area contributed by atoms with Gasteiger partial charge in [-0.2, -0.15) is 0 Å². The number of carbonyl (C=O) groups is 2. The van der Waals surface area contributed by atoms with Crippen LogP contribution in [0.25, 0.3) is 21.3 Å². The number of hydrogen-bond donors (Lipinski definition) is 1. The van der Waals surface area contributed by atoms with Crippen LogP contribution in [-0.4, -0.2) is 23.7 Å². The van der Waals surface area contributed by atoms with E-state index in [1.807, 2.05) is 43.3 Å². The lowest BCUT2D eigenvalue weighted by Gasteiger charge is -2.13. The van der Waals surface area contributed by atoms with Gasteiger partial charge in [-0.15, -0.1) is 11.3 Å². The van der Waals surface area contributed by atoms with Gasteiger partial charge in [-0.05, 0) is 38.5 Å². The van der Waals surface area contributed by atoms with Gasteiger partial charge in [-0.25, -0.2) is 4.98 Å². The average Bonchev–Trinajstić information content (AvgIpc) is 3.08. The van der Waals surface area contributed by atoms with Crippen LogP contribution in [0.5, 0.6) is 5.75 Å². The minimum atomic E-state index is -0.150. The zero-order valence-corrected chi connectivity index (χ0v) is 18.6. The summed E-state index contributed by atoms with van der Waals surface area (Å²) in [6, 6.07) is 14.8. The molecule has 0 amide bonds. The van der Waals surface area contributed by atoms with Gasteiger partial charge in [0.25, 0.3) is 0 Å². The lowest BCUT2D eigenvalue weighted by molar-refractivity contribution is 0.101. The van der Waals surface area contributed by atoms with Crippen LogP contribution in [0.3, 0.4) is 0 Å². The van der Waals surface area contributed by atoms with E-state index >= 15 is 0 Å². The summed E-state index contributed by atoms with van der Waals surface area (Å²) in [5.74, 6) is 0.460. The van der Waals surface area contributed by atoms with Gasteiger partial charge in [-0.3, -0.25) is 9.59 Å². The highest BCUT2D eigenvalue weighted by molar-refractivity contribution is 7.21. The first-order valence-electron chi connectivity index (χ1n) is 9.81. The third-order valence-electron chi connectivity index (χ3n) is 5.31. The molecule has 2 aromatic heterocycles. The Balaban J connectivity index is 2.00. The first-order chi connectivity index (χ1) is 14.8. The van der Waals surface area contributed by atoms with Crippen molar-refractivity contribution >= 4 is 38.8 Å². The highest BCUT2D eigenvalue weighted by Gasteiger charge is 2.25. The van der Waals surface area contributed by atoms with Crippen LogP contribution in [0.1, 0.15) is 43.8 Å². The lowest BCUT2D eigenvalue weighted by Crippen LogP contribution is -2.05. The maximum absolute atomic E-state index is 13.2. The molecule has 0 saturated heterocycles. The van der Waals surface area contributed by atoms with Crippen molar-refractivity contribution < 1.29 is 14.3 Å². The van der Waals surface area contributed by atoms with Crippen LogP contribution in [0.4, 0.5) is 5.69 Å². The van der Waals surface area contributed by atoms with Crippen molar-refractivity contribution in [1.29, 1.82) is 0 Å². The summed E-state index contributed by atoms with van der Waals surface area (Å²) < 4.78 is 5.26. The number of nitrogens with two attached hydrogens (primary N) is 1. The van der Waals surface area contributed by atoms with Crippen LogP contribution < -0.4 is 10.5 Å². The Hall–Kier alpha value is -3.51. The Morgan fingerprint density at radius 2 is 1.65 bits per heavy atom. The highest BCUT2D eigenvalue weighted by atomic mass is 32.1. The third-order valence-corrected chi connectivity index (χ3v) is 6.41. The van der Waals surface area contributed by atoms with Gasteiger partial charge in [0.05, 0.1) is 18.5 Å². The molecule has 0 fully saturated rings. The van der Waals surface area contributed by atoms with E-state index in [-0.39, 0.29) is 11.6 Å². The minimum Gasteiger partial charge on any atom is -0.497 e. The number of fused-ring (bicyclic) bond motifs is 1. The van der Waals surface area contributed by atoms with Crippen molar-refractivity contribution in [2.24, 2.45) is 0 Å². The van der Waals surface area contributed by atoms with E-state index in [1.165, 1.54) is 18.3 Å². The Kier molecular flexibility index (Phi) is 5.33. The molecule has 0 aliphatic heterocycles. The number of Topliss-reactive ketones (excluding diaryl/α,β-unsaturated/α-hetero) is 1. The first kappa shape index (κ1) is 20.8. The van der Waals surface area contributed by atoms with Crippen LogP contribution in [0.15, 0.2) is 48.5 Å². The molecule has 6 heteroatoms. The molecule has 0 bridgehead atoms. The minimum absolute atomic E-state index is 0.102. The predicted molar refractivity (Wildman–Crippen MR) is 125 cm³/mol. The normalized spacial score (nSPS) is 11.0. The van der Waals surface area contributed by atoms with Crippen molar-refractivity contribution in [1.82, 2.24) is 4.98 Å².